The normalized spacial score (nSPS) is 13.2. The lowest BCUT2D eigenvalue weighted by Crippen LogP contribution is -2.38. The van der Waals surface area contributed by atoms with E-state index in [-0.39, 0.29) is 24.5 Å². The lowest BCUT2D eigenvalue weighted by atomic mass is 9.87. The quantitative estimate of drug-likeness (QED) is 0.361. The van der Waals surface area contributed by atoms with Gasteiger partial charge in [-0.15, -0.1) is 0 Å². The van der Waals surface area contributed by atoms with Crippen molar-refractivity contribution in [1.82, 2.24) is 5.32 Å². The fourth-order valence-corrected chi connectivity index (χ4v) is 3.84. The Labute approximate surface area is 197 Å². The number of para-hydroxylation sites is 1. The molecule has 0 unspecified atom stereocenters. The molecular formula is C29H35NO3. The molecule has 0 aliphatic heterocycles. The second kappa shape index (κ2) is 11.7. The number of nitrogens with one attached hydrogen (secondary N) is 1. The van der Waals surface area contributed by atoms with E-state index in [1.165, 1.54) is 11.1 Å². The highest BCUT2D eigenvalue weighted by Gasteiger charge is 2.22. The molecule has 3 aromatic rings. The topological polar surface area (TPSA) is 47.6 Å². The minimum atomic E-state index is -0.483. The first kappa shape index (κ1) is 24.5. The van der Waals surface area contributed by atoms with Gasteiger partial charge in [0.05, 0.1) is 6.54 Å². The van der Waals surface area contributed by atoms with Crippen LogP contribution in [0.2, 0.25) is 0 Å². The highest BCUT2D eigenvalue weighted by Crippen LogP contribution is 2.29. The zero-order valence-corrected chi connectivity index (χ0v) is 20.1. The lowest BCUT2D eigenvalue weighted by molar-refractivity contribution is -0.153. The third-order valence-corrected chi connectivity index (χ3v) is 5.47. The molecule has 0 fully saturated rings. The highest BCUT2D eigenvalue weighted by atomic mass is 16.6. The summed E-state index contributed by atoms with van der Waals surface area (Å²) in [6.07, 6.45) is 1.93. The van der Waals surface area contributed by atoms with Crippen LogP contribution < -0.4 is 10.1 Å². The van der Waals surface area contributed by atoms with E-state index < -0.39 is 5.60 Å². The number of ether oxygens (including phenoxy) is 2. The Morgan fingerprint density at radius 3 is 2.03 bits per heavy atom. The van der Waals surface area contributed by atoms with Crippen LogP contribution in [-0.4, -0.2) is 24.2 Å². The van der Waals surface area contributed by atoms with E-state index in [1.807, 2.05) is 69.3 Å². The van der Waals surface area contributed by atoms with Crippen LogP contribution in [0.15, 0.2) is 84.9 Å². The van der Waals surface area contributed by atoms with Crippen molar-refractivity contribution in [2.24, 2.45) is 0 Å². The largest absolute Gasteiger partial charge is 0.459 e. The summed E-state index contributed by atoms with van der Waals surface area (Å²) in [7, 11) is 0. The predicted octanol–water partition coefficient (Wildman–Crippen LogP) is 6.52. The maximum atomic E-state index is 12.2. The molecule has 0 aromatic heterocycles. The van der Waals surface area contributed by atoms with E-state index in [9.17, 15) is 4.79 Å². The maximum absolute atomic E-state index is 12.2. The fraction of sp³-hybridized carbons (Fsp3) is 0.345. The van der Waals surface area contributed by atoms with Gasteiger partial charge in [0.2, 0.25) is 0 Å². The fourth-order valence-electron chi connectivity index (χ4n) is 3.84. The molecule has 0 spiro atoms. The highest BCUT2D eigenvalue weighted by molar-refractivity contribution is 5.72. The van der Waals surface area contributed by atoms with Gasteiger partial charge >= 0.3 is 5.97 Å². The molecule has 4 nitrogen and oxygen atoms in total. The van der Waals surface area contributed by atoms with Crippen LogP contribution in [0.4, 0.5) is 0 Å². The van der Waals surface area contributed by atoms with Gasteiger partial charge in [0, 0.05) is 6.04 Å². The van der Waals surface area contributed by atoms with Gasteiger partial charge in [-0.2, -0.15) is 0 Å². The third kappa shape index (κ3) is 8.39. The number of carbonyl (C=O) groups is 1. The van der Waals surface area contributed by atoms with E-state index in [1.54, 1.807) is 0 Å². The molecule has 0 heterocycles. The van der Waals surface area contributed by atoms with E-state index >= 15 is 0 Å². The molecule has 0 amide bonds. The first-order valence-electron chi connectivity index (χ1n) is 11.6. The number of hydrogen-bond donors (Lipinski definition) is 1. The minimum absolute atomic E-state index is 0.0992. The van der Waals surface area contributed by atoms with Gasteiger partial charge in [0.15, 0.2) is 0 Å². The van der Waals surface area contributed by atoms with Crippen molar-refractivity contribution in [3.8, 4) is 11.5 Å². The number of esters is 1. The summed E-state index contributed by atoms with van der Waals surface area (Å²) in [5, 5.41) is 3.39. The van der Waals surface area contributed by atoms with Crippen LogP contribution >= 0.6 is 0 Å². The van der Waals surface area contributed by atoms with Crippen LogP contribution in [0.3, 0.4) is 0 Å². The van der Waals surface area contributed by atoms with E-state index in [4.69, 9.17) is 9.47 Å². The van der Waals surface area contributed by atoms with Crippen LogP contribution in [0, 0.1) is 0 Å². The number of rotatable bonds is 10. The van der Waals surface area contributed by atoms with Gasteiger partial charge in [0.25, 0.3) is 0 Å². The summed E-state index contributed by atoms with van der Waals surface area (Å²) in [6, 6.07) is 28.7. The second-order valence-corrected chi connectivity index (χ2v) is 9.37. The van der Waals surface area contributed by atoms with Gasteiger partial charge in [0.1, 0.15) is 17.1 Å². The van der Waals surface area contributed by atoms with Crippen LogP contribution in [0.5, 0.6) is 11.5 Å². The van der Waals surface area contributed by atoms with E-state index in [0.29, 0.717) is 0 Å². The number of hydrogen-bond acceptors (Lipinski definition) is 4. The molecule has 33 heavy (non-hydrogen) atoms. The van der Waals surface area contributed by atoms with Crippen molar-refractivity contribution in [2.75, 3.05) is 6.54 Å². The van der Waals surface area contributed by atoms with Crippen LogP contribution in [0.25, 0.3) is 0 Å². The van der Waals surface area contributed by atoms with Crippen molar-refractivity contribution in [3.63, 3.8) is 0 Å². The Morgan fingerprint density at radius 1 is 0.848 bits per heavy atom. The Balaban J connectivity index is 1.69. The van der Waals surface area contributed by atoms with Crippen molar-refractivity contribution in [3.05, 3.63) is 96.1 Å². The third-order valence-electron chi connectivity index (χ3n) is 5.47. The Hall–Kier alpha value is -3.11. The summed E-state index contributed by atoms with van der Waals surface area (Å²) in [5.74, 6) is 1.63. The molecule has 1 N–H and O–H groups in total. The van der Waals surface area contributed by atoms with E-state index in [2.05, 4.69) is 48.6 Å². The zero-order chi connectivity index (χ0) is 23.7. The van der Waals surface area contributed by atoms with Gasteiger partial charge in [-0.3, -0.25) is 4.79 Å². The maximum Gasteiger partial charge on any atom is 0.320 e. The standard InChI is InChI=1S/C29H35NO3/c1-22(30-21-28(31)33-29(2,3)4)27(20-15-23-11-7-5-8-12-23)24-16-18-26(19-17-24)32-25-13-9-6-10-14-25/h5-14,16-19,22,27,30H,15,20-21H2,1-4H3/t22-,27+/m1/s1. The average Bonchev–Trinajstić information content (AvgIpc) is 2.79. The molecule has 3 rings (SSSR count). The molecular weight excluding hydrogens is 410 g/mol. The lowest BCUT2D eigenvalue weighted by Gasteiger charge is -2.27. The van der Waals surface area contributed by atoms with Gasteiger partial charge in [-0.05, 0) is 81.8 Å². The first-order chi connectivity index (χ1) is 15.8. The molecule has 174 valence electrons. The molecule has 0 saturated heterocycles. The number of aryl methyl sites for hydroxylation is 1. The van der Waals surface area contributed by atoms with Crippen molar-refractivity contribution >= 4 is 5.97 Å². The van der Waals surface area contributed by atoms with Gasteiger partial charge < -0.3 is 14.8 Å². The minimum Gasteiger partial charge on any atom is -0.459 e. The number of benzene rings is 3. The molecule has 3 aromatic carbocycles. The zero-order valence-electron chi connectivity index (χ0n) is 20.1. The monoisotopic (exact) mass is 445 g/mol. The van der Waals surface area contributed by atoms with Crippen molar-refractivity contribution in [2.45, 2.75) is 58.1 Å². The SMILES string of the molecule is C[C@@H](NCC(=O)OC(C)(C)C)[C@H](CCc1ccccc1)c1ccc(Oc2ccccc2)cc1. The van der Waals surface area contributed by atoms with Gasteiger partial charge in [-0.25, -0.2) is 0 Å². The Morgan fingerprint density at radius 2 is 1.42 bits per heavy atom. The molecule has 0 radical (unpaired) electrons. The van der Waals surface area contributed by atoms with Crippen LogP contribution in [0.1, 0.15) is 51.2 Å². The van der Waals surface area contributed by atoms with Crippen LogP contribution in [-0.2, 0) is 16.0 Å². The average molecular weight is 446 g/mol. The first-order valence-corrected chi connectivity index (χ1v) is 11.6. The Kier molecular flexibility index (Phi) is 8.67. The molecule has 0 aliphatic rings. The summed E-state index contributed by atoms with van der Waals surface area (Å²) >= 11 is 0. The molecule has 0 aliphatic carbocycles. The Bertz CT molecular complexity index is 979. The van der Waals surface area contributed by atoms with Gasteiger partial charge in [-0.1, -0.05) is 60.7 Å². The predicted molar refractivity (Wildman–Crippen MR) is 134 cm³/mol. The molecule has 0 saturated carbocycles. The molecule has 4 heteroatoms. The summed E-state index contributed by atoms with van der Waals surface area (Å²) in [4.78, 5) is 12.2. The van der Waals surface area contributed by atoms with Crippen molar-refractivity contribution < 1.29 is 14.3 Å². The molecule has 2 atom stereocenters. The summed E-state index contributed by atoms with van der Waals surface area (Å²) < 4.78 is 11.4. The summed E-state index contributed by atoms with van der Waals surface area (Å²) in [5.41, 5.74) is 2.05. The number of carbonyl (C=O) groups excluding carboxylic acids is 1. The smallest absolute Gasteiger partial charge is 0.320 e. The van der Waals surface area contributed by atoms with E-state index in [0.717, 1.165) is 24.3 Å². The van der Waals surface area contributed by atoms with Crippen molar-refractivity contribution in [1.29, 1.82) is 0 Å². The second-order valence-electron chi connectivity index (χ2n) is 9.37. The molecule has 0 bridgehead atoms. The summed E-state index contributed by atoms with van der Waals surface area (Å²) in [6.45, 7) is 7.98.